The van der Waals surface area contributed by atoms with Crippen LogP contribution in [0.3, 0.4) is 0 Å². The molecule has 0 atom stereocenters. The second-order valence-corrected chi connectivity index (χ2v) is 5.17. The van der Waals surface area contributed by atoms with Crippen molar-refractivity contribution in [3.8, 4) is 0 Å². The summed E-state index contributed by atoms with van der Waals surface area (Å²) in [7, 11) is 1.12. The molecule has 2 amide bonds. The number of halogens is 3. The number of nitrogens with one attached hydrogen (secondary N) is 1. The van der Waals surface area contributed by atoms with Crippen LogP contribution in [-0.4, -0.2) is 38.0 Å². The van der Waals surface area contributed by atoms with Gasteiger partial charge in [0.2, 0.25) is 5.91 Å². The summed E-state index contributed by atoms with van der Waals surface area (Å²) in [5.74, 6) is -1.89. The molecule has 2 rings (SSSR count). The Hall–Kier alpha value is -2.58. The summed E-state index contributed by atoms with van der Waals surface area (Å²) >= 11 is 0. The van der Waals surface area contributed by atoms with Gasteiger partial charge in [0.15, 0.2) is 0 Å². The Morgan fingerprint density at radius 2 is 2.00 bits per heavy atom. The predicted octanol–water partition coefficient (Wildman–Crippen LogP) is 1.73. The quantitative estimate of drug-likeness (QED) is 0.844. The molecule has 1 N–H and O–H groups in total. The van der Waals surface area contributed by atoms with Crippen LogP contribution in [0.15, 0.2) is 18.2 Å². The lowest BCUT2D eigenvalue weighted by molar-refractivity contribution is -0.139. The molecule has 0 unspecified atom stereocenters. The van der Waals surface area contributed by atoms with Crippen LogP contribution < -0.4 is 10.2 Å². The van der Waals surface area contributed by atoms with Gasteiger partial charge < -0.3 is 15.0 Å². The summed E-state index contributed by atoms with van der Waals surface area (Å²) in [5.41, 5.74) is -1.32. The van der Waals surface area contributed by atoms with Crippen molar-refractivity contribution in [1.82, 2.24) is 5.32 Å². The molecular formula is C15H15F3N2O4. The van der Waals surface area contributed by atoms with Crippen LogP contribution in [0.25, 0.3) is 0 Å². The van der Waals surface area contributed by atoms with Crippen molar-refractivity contribution in [3.05, 3.63) is 29.3 Å². The maximum atomic E-state index is 13.1. The third kappa shape index (κ3) is 4.03. The molecule has 1 fully saturated rings. The molecule has 1 aliphatic heterocycles. The monoisotopic (exact) mass is 344 g/mol. The number of hydrogen-bond acceptors (Lipinski definition) is 4. The van der Waals surface area contributed by atoms with E-state index in [1.807, 2.05) is 0 Å². The van der Waals surface area contributed by atoms with Gasteiger partial charge in [-0.2, -0.15) is 13.2 Å². The Bertz CT molecular complexity index is 673. The Balaban J connectivity index is 2.34. The Morgan fingerprint density at radius 1 is 1.29 bits per heavy atom. The van der Waals surface area contributed by atoms with E-state index >= 15 is 0 Å². The number of alkyl halides is 3. The molecule has 0 aromatic heterocycles. The Labute approximate surface area is 135 Å². The number of anilines is 1. The molecule has 6 nitrogen and oxygen atoms in total. The Kier molecular flexibility index (Phi) is 5.10. The smallest absolute Gasteiger partial charge is 0.416 e. The average molecular weight is 344 g/mol. The van der Waals surface area contributed by atoms with E-state index in [4.69, 9.17) is 0 Å². The minimum absolute atomic E-state index is 0.00976. The largest absolute Gasteiger partial charge is 0.468 e. The lowest BCUT2D eigenvalue weighted by atomic mass is 10.1. The number of esters is 1. The van der Waals surface area contributed by atoms with Crippen molar-refractivity contribution >= 4 is 23.5 Å². The number of nitrogens with zero attached hydrogens (tertiary/aromatic N) is 1. The van der Waals surface area contributed by atoms with Gasteiger partial charge in [0, 0.05) is 24.2 Å². The molecule has 1 aromatic carbocycles. The highest BCUT2D eigenvalue weighted by Gasteiger charge is 2.33. The van der Waals surface area contributed by atoms with Crippen molar-refractivity contribution in [1.29, 1.82) is 0 Å². The molecule has 1 heterocycles. The highest BCUT2D eigenvalue weighted by atomic mass is 19.4. The highest BCUT2D eigenvalue weighted by molar-refractivity contribution is 6.00. The lowest BCUT2D eigenvalue weighted by Gasteiger charge is -2.19. The van der Waals surface area contributed by atoms with Gasteiger partial charge >= 0.3 is 12.1 Å². The third-order valence-corrected chi connectivity index (χ3v) is 3.51. The van der Waals surface area contributed by atoms with E-state index < -0.39 is 30.2 Å². The topological polar surface area (TPSA) is 75.7 Å². The van der Waals surface area contributed by atoms with Gasteiger partial charge in [-0.05, 0) is 24.6 Å². The molecule has 130 valence electrons. The van der Waals surface area contributed by atoms with Gasteiger partial charge in [-0.25, -0.2) is 0 Å². The van der Waals surface area contributed by atoms with E-state index in [-0.39, 0.29) is 23.6 Å². The van der Waals surface area contributed by atoms with Crippen LogP contribution in [0.4, 0.5) is 18.9 Å². The molecule has 24 heavy (non-hydrogen) atoms. The number of methoxy groups -OCH3 is 1. The predicted molar refractivity (Wildman–Crippen MR) is 77.4 cm³/mol. The number of benzene rings is 1. The zero-order valence-corrected chi connectivity index (χ0v) is 12.8. The zero-order valence-electron chi connectivity index (χ0n) is 12.8. The van der Waals surface area contributed by atoms with Gasteiger partial charge in [0.05, 0.1) is 12.7 Å². The summed E-state index contributed by atoms with van der Waals surface area (Å²) in [4.78, 5) is 36.0. The fourth-order valence-electron chi connectivity index (χ4n) is 2.31. The molecule has 9 heteroatoms. The first-order valence-corrected chi connectivity index (χ1v) is 7.10. The maximum Gasteiger partial charge on any atom is 0.416 e. The second-order valence-electron chi connectivity index (χ2n) is 5.17. The number of rotatable bonds is 4. The van der Waals surface area contributed by atoms with Gasteiger partial charge in [0.25, 0.3) is 5.91 Å². The molecule has 0 radical (unpaired) electrons. The van der Waals surface area contributed by atoms with Crippen molar-refractivity contribution in [2.45, 2.75) is 19.0 Å². The molecular weight excluding hydrogens is 329 g/mol. The first-order chi connectivity index (χ1) is 11.2. The number of carbonyl (C=O) groups excluding carboxylic acids is 3. The van der Waals surface area contributed by atoms with E-state index in [0.717, 1.165) is 13.2 Å². The normalized spacial score (nSPS) is 14.7. The molecule has 0 spiro atoms. The van der Waals surface area contributed by atoms with Gasteiger partial charge in [0.1, 0.15) is 6.54 Å². The van der Waals surface area contributed by atoms with E-state index in [1.54, 1.807) is 0 Å². The van der Waals surface area contributed by atoms with Crippen LogP contribution in [0, 0.1) is 0 Å². The molecule has 1 aliphatic rings. The summed E-state index contributed by atoms with van der Waals surface area (Å²) < 4.78 is 43.5. The summed E-state index contributed by atoms with van der Waals surface area (Å²) in [6, 6.07) is 2.71. The van der Waals surface area contributed by atoms with E-state index in [0.29, 0.717) is 19.0 Å². The minimum Gasteiger partial charge on any atom is -0.468 e. The second kappa shape index (κ2) is 6.90. The van der Waals surface area contributed by atoms with Gasteiger partial charge in [-0.1, -0.05) is 0 Å². The molecule has 1 saturated heterocycles. The zero-order chi connectivity index (χ0) is 17.9. The Morgan fingerprint density at radius 3 is 2.54 bits per heavy atom. The van der Waals surface area contributed by atoms with Crippen molar-refractivity contribution in [2.75, 3.05) is 25.1 Å². The first-order valence-electron chi connectivity index (χ1n) is 7.10. The molecule has 0 bridgehead atoms. The summed E-state index contributed by atoms with van der Waals surface area (Å²) in [6.07, 6.45) is -3.88. The van der Waals surface area contributed by atoms with Crippen LogP contribution in [-0.2, 0) is 20.5 Å². The highest BCUT2D eigenvalue weighted by Crippen LogP contribution is 2.34. The average Bonchev–Trinajstić information content (AvgIpc) is 2.97. The molecule has 0 saturated carbocycles. The van der Waals surface area contributed by atoms with Crippen molar-refractivity contribution in [2.24, 2.45) is 0 Å². The van der Waals surface area contributed by atoms with E-state index in [9.17, 15) is 27.6 Å². The van der Waals surface area contributed by atoms with Crippen LogP contribution >= 0.6 is 0 Å². The van der Waals surface area contributed by atoms with Crippen LogP contribution in [0.5, 0.6) is 0 Å². The van der Waals surface area contributed by atoms with Crippen molar-refractivity contribution in [3.63, 3.8) is 0 Å². The van der Waals surface area contributed by atoms with Crippen molar-refractivity contribution < 1.29 is 32.3 Å². The number of carbonyl (C=O) groups is 3. The van der Waals surface area contributed by atoms with E-state index in [2.05, 4.69) is 10.1 Å². The number of ether oxygens (including phenoxy) is 1. The number of hydrogen-bond donors (Lipinski definition) is 1. The fraction of sp³-hybridized carbons (Fsp3) is 0.400. The third-order valence-electron chi connectivity index (χ3n) is 3.51. The molecule has 0 aliphatic carbocycles. The summed E-state index contributed by atoms with van der Waals surface area (Å²) in [6.45, 7) is -0.174. The van der Waals surface area contributed by atoms with Gasteiger partial charge in [-0.3, -0.25) is 14.4 Å². The maximum absolute atomic E-state index is 13.1. The van der Waals surface area contributed by atoms with Crippen LogP contribution in [0.2, 0.25) is 0 Å². The minimum atomic E-state index is -4.67. The van der Waals surface area contributed by atoms with E-state index in [1.165, 1.54) is 11.0 Å². The standard InChI is InChI=1S/C15H15F3N2O4/c1-24-13(22)8-19-14(23)9-5-10(15(16,17)18)7-11(6-9)20-4-2-3-12(20)21/h5-7H,2-4,8H2,1H3,(H,19,23). The SMILES string of the molecule is COC(=O)CNC(=O)c1cc(N2CCCC2=O)cc(C(F)(F)F)c1. The lowest BCUT2D eigenvalue weighted by Crippen LogP contribution is -2.31. The fourth-order valence-corrected chi connectivity index (χ4v) is 2.31. The summed E-state index contributed by atoms with van der Waals surface area (Å²) in [5, 5.41) is 2.17. The number of amides is 2. The van der Waals surface area contributed by atoms with Gasteiger partial charge in [-0.15, -0.1) is 0 Å². The van der Waals surface area contributed by atoms with Crippen LogP contribution in [0.1, 0.15) is 28.8 Å². The first kappa shape index (κ1) is 17.8. The molecule has 1 aromatic rings.